The first-order valence-electron chi connectivity index (χ1n) is 14.8. The van der Waals surface area contributed by atoms with Gasteiger partial charge in [0.25, 0.3) is 0 Å². The summed E-state index contributed by atoms with van der Waals surface area (Å²) in [4.78, 5) is 3.82. The molecule has 0 aliphatic carbocycles. The summed E-state index contributed by atoms with van der Waals surface area (Å²) >= 11 is 11.5. The van der Waals surface area contributed by atoms with Crippen LogP contribution in [-0.4, -0.2) is 75.1 Å². The Labute approximate surface area is 290 Å². The van der Waals surface area contributed by atoms with Crippen molar-refractivity contribution in [3.63, 3.8) is 0 Å². The maximum Gasteiger partial charge on any atom is 0.181 e. The molecule has 4 aromatic rings. The standard InChI is InChI=1S/C28H26O8S4.C4H11PS/c1-28(14-37-9-15-8-16(29)2-3-17(15)30)12-35-22-23(36-13-28)27(25-21-19(11-39-25)32-5-7-34-21)40-26(22)24-20-18(10-38-24)31-4-6-33-20;1-4-5(2,3)6/h2-3,8,10-11,29-30H,4-7,9,12-14H2,1H3;4H2,1-3H3. The van der Waals surface area contributed by atoms with Crippen molar-refractivity contribution in [2.75, 3.05) is 64.9 Å². The Morgan fingerprint density at radius 3 is 1.85 bits per heavy atom. The predicted octanol–water partition coefficient (Wildman–Crippen LogP) is 8.62. The van der Waals surface area contributed by atoms with Gasteiger partial charge in [-0.05, 0) is 43.7 Å². The number of phenolic OH excluding ortho intramolecular Hbond substituents is 2. The third-order valence-electron chi connectivity index (χ3n) is 7.50. The highest BCUT2D eigenvalue weighted by molar-refractivity contribution is 8.13. The minimum Gasteiger partial charge on any atom is -0.508 e. The highest BCUT2D eigenvalue weighted by atomic mass is 32.4. The number of ether oxygens (including phenoxy) is 6. The van der Waals surface area contributed by atoms with Crippen molar-refractivity contribution in [3.8, 4) is 65.5 Å². The van der Waals surface area contributed by atoms with E-state index in [1.165, 1.54) is 18.3 Å². The third-order valence-corrected chi connectivity index (χ3v) is 14.6. The van der Waals surface area contributed by atoms with Gasteiger partial charge in [-0.1, -0.05) is 25.7 Å². The molecule has 0 radical (unpaired) electrons. The lowest BCUT2D eigenvalue weighted by molar-refractivity contribution is 0.145. The second-order valence-corrected chi connectivity index (χ2v) is 22.4. The number of thioether (sulfide) groups is 1. The first kappa shape index (κ1) is 33.6. The fourth-order valence-corrected chi connectivity index (χ4v) is 9.26. The Balaban J connectivity index is 0.000000568. The van der Waals surface area contributed by atoms with E-state index < -0.39 is 6.04 Å². The van der Waals surface area contributed by atoms with Gasteiger partial charge in [0, 0.05) is 33.2 Å². The number of benzene rings is 1. The minimum absolute atomic E-state index is 0.139. The summed E-state index contributed by atoms with van der Waals surface area (Å²) in [5.41, 5.74) is 0.396. The van der Waals surface area contributed by atoms with Crippen LogP contribution in [0.25, 0.3) is 19.5 Å². The van der Waals surface area contributed by atoms with Crippen molar-refractivity contribution in [1.82, 2.24) is 0 Å². The van der Waals surface area contributed by atoms with Crippen LogP contribution in [0.1, 0.15) is 19.4 Å². The van der Waals surface area contributed by atoms with E-state index in [4.69, 9.17) is 40.2 Å². The predicted molar refractivity (Wildman–Crippen MR) is 195 cm³/mol. The van der Waals surface area contributed by atoms with Crippen LogP contribution in [0.3, 0.4) is 0 Å². The van der Waals surface area contributed by atoms with Crippen molar-refractivity contribution < 1.29 is 38.6 Å². The van der Waals surface area contributed by atoms with Crippen molar-refractivity contribution in [2.45, 2.75) is 19.6 Å². The average molecular weight is 741 g/mol. The van der Waals surface area contributed by atoms with Crippen LogP contribution >= 0.6 is 51.8 Å². The molecule has 0 spiro atoms. The van der Waals surface area contributed by atoms with E-state index in [9.17, 15) is 10.2 Å². The molecule has 0 saturated carbocycles. The fraction of sp³-hybridized carbons (Fsp3) is 0.438. The SMILES string of the molecule is CC1(CSCc2cc(O)ccc2O)COc2c(-c3scc4c3OCCO4)sc(-c3scc4c3OCCO4)c2OC1.CCP(C)(C)=S. The Bertz CT molecular complexity index is 1660. The number of hydrogen-bond acceptors (Lipinski definition) is 13. The van der Waals surface area contributed by atoms with Gasteiger partial charge in [-0.25, -0.2) is 0 Å². The molecule has 3 aromatic heterocycles. The van der Waals surface area contributed by atoms with Gasteiger partial charge in [-0.3, -0.25) is 0 Å². The zero-order valence-corrected chi connectivity index (χ0v) is 31.1. The summed E-state index contributed by atoms with van der Waals surface area (Å²) in [6.07, 6.45) is 1.20. The van der Waals surface area contributed by atoms with Gasteiger partial charge < -0.3 is 38.6 Å². The highest BCUT2D eigenvalue weighted by Crippen LogP contribution is 2.61. The Kier molecular flexibility index (Phi) is 10.3. The summed E-state index contributed by atoms with van der Waals surface area (Å²) in [6.45, 7) is 11.6. The second kappa shape index (κ2) is 14.1. The van der Waals surface area contributed by atoms with Crippen LogP contribution < -0.4 is 28.4 Å². The summed E-state index contributed by atoms with van der Waals surface area (Å²) in [5, 5.41) is 24.0. The largest absolute Gasteiger partial charge is 0.508 e. The van der Waals surface area contributed by atoms with E-state index in [0.717, 1.165) is 48.3 Å². The van der Waals surface area contributed by atoms with Crippen LogP contribution in [0.2, 0.25) is 0 Å². The summed E-state index contributed by atoms with van der Waals surface area (Å²) in [6, 6.07) is 3.78. The Morgan fingerprint density at radius 2 is 1.33 bits per heavy atom. The molecular formula is C32H37O8PS5. The molecule has 8 nitrogen and oxygen atoms in total. The van der Waals surface area contributed by atoms with Crippen LogP contribution in [0.5, 0.6) is 46.0 Å². The Morgan fingerprint density at radius 1 is 0.804 bits per heavy atom. The maximum absolute atomic E-state index is 10.2. The lowest BCUT2D eigenvalue weighted by Gasteiger charge is -2.26. The molecule has 0 saturated heterocycles. The number of rotatable bonds is 7. The van der Waals surface area contributed by atoms with E-state index in [1.807, 2.05) is 10.8 Å². The average Bonchev–Trinajstić information content (AvgIpc) is 3.73. The van der Waals surface area contributed by atoms with Crippen LogP contribution in [-0.2, 0) is 17.6 Å². The molecule has 0 atom stereocenters. The van der Waals surface area contributed by atoms with E-state index in [-0.39, 0.29) is 16.9 Å². The molecule has 0 unspecified atom stereocenters. The highest BCUT2D eigenvalue weighted by Gasteiger charge is 2.37. The zero-order valence-electron chi connectivity index (χ0n) is 26.1. The van der Waals surface area contributed by atoms with Crippen molar-refractivity contribution >= 4 is 63.6 Å². The van der Waals surface area contributed by atoms with E-state index >= 15 is 0 Å². The van der Waals surface area contributed by atoms with Crippen LogP contribution in [0.15, 0.2) is 29.0 Å². The molecule has 0 bridgehead atoms. The summed E-state index contributed by atoms with van der Waals surface area (Å²) < 4.78 is 36.9. The molecule has 6 heterocycles. The second-order valence-electron chi connectivity index (χ2n) is 11.9. The van der Waals surface area contributed by atoms with Gasteiger partial charge in [-0.2, -0.15) is 11.8 Å². The van der Waals surface area contributed by atoms with Crippen LogP contribution in [0.4, 0.5) is 0 Å². The van der Waals surface area contributed by atoms with Crippen molar-refractivity contribution in [2.24, 2.45) is 5.41 Å². The third kappa shape index (κ3) is 7.39. The van der Waals surface area contributed by atoms with E-state index in [0.29, 0.717) is 62.5 Å². The normalized spacial score (nSPS) is 16.3. The lowest BCUT2D eigenvalue weighted by Crippen LogP contribution is -2.32. The van der Waals surface area contributed by atoms with Gasteiger partial charge in [0.15, 0.2) is 34.5 Å². The quantitative estimate of drug-likeness (QED) is 0.142. The molecule has 3 aliphatic heterocycles. The molecule has 0 fully saturated rings. The van der Waals surface area contributed by atoms with Gasteiger partial charge in [0.05, 0.1) is 32.7 Å². The molecule has 7 rings (SSSR count). The molecule has 46 heavy (non-hydrogen) atoms. The zero-order chi connectivity index (χ0) is 32.5. The number of fused-ring (bicyclic) bond motifs is 3. The molecule has 248 valence electrons. The number of phenols is 2. The Hall–Kier alpha value is -2.28. The molecule has 2 N–H and O–H groups in total. The van der Waals surface area contributed by atoms with E-state index in [1.54, 1.807) is 51.8 Å². The topological polar surface area (TPSA) is 95.8 Å². The van der Waals surface area contributed by atoms with Crippen molar-refractivity contribution in [1.29, 1.82) is 0 Å². The first-order chi connectivity index (χ1) is 22.0. The molecule has 3 aliphatic rings. The van der Waals surface area contributed by atoms with Crippen LogP contribution in [0, 0.1) is 5.41 Å². The smallest absolute Gasteiger partial charge is 0.181 e. The van der Waals surface area contributed by atoms with Gasteiger partial charge in [-0.15, -0.1) is 34.0 Å². The van der Waals surface area contributed by atoms with Gasteiger partial charge in [0.1, 0.15) is 37.9 Å². The van der Waals surface area contributed by atoms with Crippen molar-refractivity contribution in [3.05, 3.63) is 34.5 Å². The molecule has 1 aromatic carbocycles. The number of aromatic hydroxyl groups is 2. The van der Waals surface area contributed by atoms with E-state index in [2.05, 4.69) is 27.2 Å². The lowest BCUT2D eigenvalue weighted by atomic mass is 9.96. The minimum atomic E-state index is -0.813. The first-order valence-corrected chi connectivity index (χ1v) is 22.5. The van der Waals surface area contributed by atoms with Gasteiger partial charge >= 0.3 is 0 Å². The summed E-state index contributed by atoms with van der Waals surface area (Å²) in [7, 11) is 0. The summed E-state index contributed by atoms with van der Waals surface area (Å²) in [5.74, 6) is 6.03. The monoisotopic (exact) mass is 740 g/mol. The molecule has 0 amide bonds. The molecule has 14 heteroatoms. The number of thiophene rings is 3. The molecular weight excluding hydrogens is 704 g/mol. The fourth-order valence-electron chi connectivity index (χ4n) is 4.71. The van der Waals surface area contributed by atoms with Gasteiger partial charge in [0.2, 0.25) is 0 Å². The maximum atomic E-state index is 10.2. The number of hydrogen-bond donors (Lipinski definition) is 2.